The van der Waals surface area contributed by atoms with Gasteiger partial charge in [0.25, 0.3) is 0 Å². The number of rotatable bonds is 10. The van der Waals surface area contributed by atoms with E-state index in [4.69, 9.17) is 12.3 Å². The molecule has 0 fully saturated rings. The first-order chi connectivity index (χ1) is 11.7. The summed E-state index contributed by atoms with van der Waals surface area (Å²) in [4.78, 5) is 0. The van der Waals surface area contributed by atoms with Crippen LogP contribution in [0.25, 0.3) is 6.08 Å². The summed E-state index contributed by atoms with van der Waals surface area (Å²) in [6.07, 6.45) is 5.32. The van der Waals surface area contributed by atoms with Crippen molar-refractivity contribution < 1.29 is 12.3 Å². The highest BCUT2D eigenvalue weighted by molar-refractivity contribution is 6.90. The Morgan fingerprint density at radius 2 is 1.12 bits per heavy atom. The molecule has 1 rings (SSSR count). The highest BCUT2D eigenvalue weighted by Gasteiger charge is 2.49. The van der Waals surface area contributed by atoms with Gasteiger partial charge >= 0.3 is 8.80 Å². The fourth-order valence-corrected chi connectivity index (χ4v) is 17.2. The summed E-state index contributed by atoms with van der Waals surface area (Å²) in [6.45, 7) is 20.1. The second-order valence-corrected chi connectivity index (χ2v) is 26.7. The van der Waals surface area contributed by atoms with Crippen LogP contribution in [0.2, 0.25) is 65.0 Å². The normalized spacial score (nSPS) is 14.2. The van der Waals surface area contributed by atoms with E-state index >= 15 is 0 Å². The highest BCUT2D eigenvalue weighted by Crippen LogP contribution is 2.30. The summed E-state index contributed by atoms with van der Waals surface area (Å²) in [5.41, 5.74) is 1.23. The van der Waals surface area contributed by atoms with E-state index in [1.165, 1.54) is 5.56 Å². The van der Waals surface area contributed by atoms with Crippen LogP contribution in [0, 0.1) is 0 Å². The minimum atomic E-state index is -2.71. The Balaban J connectivity index is 3.00. The second-order valence-electron chi connectivity index (χ2n) is 9.68. The fraction of sp³-hybridized carbons (Fsp3) is 0.579. The van der Waals surface area contributed by atoms with Gasteiger partial charge < -0.3 is 12.3 Å². The first-order valence-electron chi connectivity index (χ1n) is 9.52. The lowest BCUT2D eigenvalue weighted by Crippen LogP contribution is -2.60. The van der Waals surface area contributed by atoms with Crippen molar-refractivity contribution in [3.8, 4) is 0 Å². The first kappa shape index (κ1) is 23.7. The number of benzene rings is 1. The van der Waals surface area contributed by atoms with Crippen LogP contribution < -0.4 is 0 Å². The quantitative estimate of drug-likeness (QED) is 0.395. The summed E-state index contributed by atoms with van der Waals surface area (Å²) in [5, 5.41) is 0. The van der Waals surface area contributed by atoms with Crippen LogP contribution in [0.5, 0.6) is 0 Å². The molecule has 0 heterocycles. The molecule has 0 aliphatic rings. The van der Waals surface area contributed by atoms with E-state index in [1.54, 1.807) is 0 Å². The Morgan fingerprint density at radius 1 is 0.692 bits per heavy atom. The summed E-state index contributed by atoms with van der Waals surface area (Å²) in [7, 11) is -8.06. The van der Waals surface area contributed by atoms with Crippen LogP contribution in [0.1, 0.15) is 12.0 Å². The molecule has 7 heteroatoms. The van der Waals surface area contributed by atoms with E-state index in [-0.39, 0.29) is 0 Å². The molecular weight excluding hydrogens is 389 g/mol. The first-order valence-corrected chi connectivity index (χ1v) is 21.7. The number of hydrogen-bond donors (Lipinski definition) is 0. The Bertz CT molecular complexity index is 528. The molecule has 0 atom stereocenters. The molecule has 148 valence electrons. The Kier molecular flexibility index (Phi) is 8.47. The molecule has 0 radical (unpaired) electrons. The van der Waals surface area contributed by atoms with Gasteiger partial charge in [-0.1, -0.05) is 42.5 Å². The van der Waals surface area contributed by atoms with E-state index in [2.05, 4.69) is 95.3 Å². The predicted octanol–water partition coefficient (Wildman–Crippen LogP) is 6.58. The van der Waals surface area contributed by atoms with Crippen LogP contribution in [0.3, 0.4) is 0 Å². The summed E-state index contributed by atoms with van der Waals surface area (Å²) >= 11 is 0. The standard InChI is InChI=1S/C19H38O3Si4/c1-23(2,3)20-26(21-24(4,5)6,22-25(7,8)9)18-14-13-17-19-15-11-10-12-16-19/h10-13,15-17H,14,18H2,1-9H3. The van der Waals surface area contributed by atoms with Crippen LogP contribution >= 0.6 is 0 Å². The van der Waals surface area contributed by atoms with E-state index in [0.29, 0.717) is 0 Å². The van der Waals surface area contributed by atoms with Crippen molar-refractivity contribution in [3.63, 3.8) is 0 Å². The molecule has 1 aromatic rings. The zero-order chi connectivity index (χ0) is 20.1. The van der Waals surface area contributed by atoms with Crippen LogP contribution in [-0.4, -0.2) is 33.8 Å². The average Bonchev–Trinajstić information content (AvgIpc) is 2.39. The molecule has 0 bridgehead atoms. The summed E-state index contributed by atoms with van der Waals surface area (Å²) in [5.74, 6) is 0. The predicted molar refractivity (Wildman–Crippen MR) is 124 cm³/mol. The maximum atomic E-state index is 6.70. The van der Waals surface area contributed by atoms with E-state index in [1.807, 2.05) is 6.07 Å². The maximum absolute atomic E-state index is 6.70. The molecule has 26 heavy (non-hydrogen) atoms. The van der Waals surface area contributed by atoms with Gasteiger partial charge in [0, 0.05) is 6.04 Å². The molecule has 0 unspecified atom stereocenters. The van der Waals surface area contributed by atoms with Gasteiger partial charge in [0.15, 0.2) is 25.0 Å². The molecular formula is C19H38O3Si4. The van der Waals surface area contributed by atoms with Crippen LogP contribution in [-0.2, 0) is 12.3 Å². The van der Waals surface area contributed by atoms with Crippen molar-refractivity contribution in [1.29, 1.82) is 0 Å². The van der Waals surface area contributed by atoms with Crippen LogP contribution in [0.15, 0.2) is 36.4 Å². The van der Waals surface area contributed by atoms with Crippen molar-refractivity contribution in [2.24, 2.45) is 0 Å². The third kappa shape index (κ3) is 10.8. The Morgan fingerprint density at radius 3 is 1.50 bits per heavy atom. The van der Waals surface area contributed by atoms with Crippen LogP contribution in [0.4, 0.5) is 0 Å². The third-order valence-corrected chi connectivity index (χ3v) is 15.1. The minimum absolute atomic E-state index is 0.856. The fourth-order valence-electron chi connectivity index (χ4n) is 2.66. The summed E-state index contributed by atoms with van der Waals surface area (Å²) in [6, 6.07) is 11.3. The van der Waals surface area contributed by atoms with Gasteiger partial charge in [0.1, 0.15) is 0 Å². The largest absolute Gasteiger partial charge is 0.469 e. The average molecular weight is 427 g/mol. The molecule has 0 aliphatic carbocycles. The topological polar surface area (TPSA) is 27.7 Å². The lowest BCUT2D eigenvalue weighted by molar-refractivity contribution is 0.252. The molecule has 1 aromatic carbocycles. The van der Waals surface area contributed by atoms with Gasteiger partial charge in [-0.2, -0.15) is 0 Å². The molecule has 3 nitrogen and oxygen atoms in total. The second kappa shape index (κ2) is 9.27. The van der Waals surface area contributed by atoms with Crippen molar-refractivity contribution in [2.45, 2.75) is 71.4 Å². The van der Waals surface area contributed by atoms with Gasteiger partial charge in [0.2, 0.25) is 0 Å². The molecule has 0 N–H and O–H groups in total. The van der Waals surface area contributed by atoms with Crippen molar-refractivity contribution in [3.05, 3.63) is 42.0 Å². The SMILES string of the molecule is C[Si](C)(C)O[Si](CCC=Cc1ccccc1)(O[Si](C)(C)C)O[Si](C)(C)C. The lowest BCUT2D eigenvalue weighted by Gasteiger charge is -2.42. The zero-order valence-electron chi connectivity index (χ0n) is 18.2. The van der Waals surface area contributed by atoms with E-state index in [0.717, 1.165) is 12.5 Å². The molecule has 0 saturated heterocycles. The molecule has 0 saturated carbocycles. The maximum Gasteiger partial charge on any atom is 0.469 e. The Hall–Kier alpha value is -0.292. The van der Waals surface area contributed by atoms with Gasteiger partial charge in [0.05, 0.1) is 0 Å². The molecule has 0 aliphatic heterocycles. The van der Waals surface area contributed by atoms with E-state index in [9.17, 15) is 0 Å². The minimum Gasteiger partial charge on any atom is -0.417 e. The Labute approximate surface area is 165 Å². The molecule has 0 aromatic heterocycles. The third-order valence-electron chi connectivity index (χ3n) is 3.11. The lowest BCUT2D eigenvalue weighted by atomic mass is 10.2. The van der Waals surface area contributed by atoms with Crippen molar-refractivity contribution >= 4 is 39.8 Å². The summed E-state index contributed by atoms with van der Waals surface area (Å²) < 4.78 is 20.1. The van der Waals surface area contributed by atoms with Gasteiger partial charge in [-0.05, 0) is 70.9 Å². The zero-order valence-corrected chi connectivity index (χ0v) is 22.2. The highest BCUT2D eigenvalue weighted by atomic mass is 28.5. The molecule has 0 spiro atoms. The van der Waals surface area contributed by atoms with Gasteiger partial charge in [-0.15, -0.1) is 0 Å². The number of hydrogen-bond acceptors (Lipinski definition) is 3. The van der Waals surface area contributed by atoms with Crippen molar-refractivity contribution in [2.75, 3.05) is 0 Å². The smallest absolute Gasteiger partial charge is 0.417 e. The van der Waals surface area contributed by atoms with Gasteiger partial charge in [-0.3, -0.25) is 0 Å². The van der Waals surface area contributed by atoms with E-state index < -0.39 is 33.8 Å². The molecule has 0 amide bonds. The van der Waals surface area contributed by atoms with Gasteiger partial charge in [-0.25, -0.2) is 0 Å². The van der Waals surface area contributed by atoms with Crippen molar-refractivity contribution in [1.82, 2.24) is 0 Å². The number of allylic oxidation sites excluding steroid dienone is 1. The monoisotopic (exact) mass is 426 g/mol.